The smallest absolute Gasteiger partial charge is 0.0649 e. The summed E-state index contributed by atoms with van der Waals surface area (Å²) in [5.41, 5.74) is 0. The van der Waals surface area contributed by atoms with Crippen molar-refractivity contribution in [3.63, 3.8) is 0 Å². The zero-order chi connectivity index (χ0) is 8.36. The minimum absolute atomic E-state index is 0.119. The molecule has 2 heteroatoms. The number of hydrogen-bond acceptors (Lipinski definition) is 1. The summed E-state index contributed by atoms with van der Waals surface area (Å²) >= 11 is 3.17. The summed E-state index contributed by atoms with van der Waals surface area (Å²) in [5.74, 6) is 11.1. The molecular formula is C9H9BrO. The van der Waals surface area contributed by atoms with Crippen LogP contribution >= 0.6 is 15.9 Å². The minimum atomic E-state index is 0.119. The first-order chi connectivity index (χ1) is 5.41. The van der Waals surface area contributed by atoms with Crippen LogP contribution in [0, 0.1) is 23.7 Å². The Bertz CT molecular complexity index is 221. The van der Waals surface area contributed by atoms with Crippen LogP contribution in [0.2, 0.25) is 0 Å². The molecule has 0 unspecified atom stereocenters. The predicted molar refractivity (Wildman–Crippen MR) is 50.2 cm³/mol. The number of aliphatic hydroxyl groups is 1. The number of rotatable bonds is 1. The van der Waals surface area contributed by atoms with E-state index in [0.29, 0.717) is 11.8 Å². The molecule has 1 nitrogen and oxygen atoms in total. The first-order valence-electron chi connectivity index (χ1n) is 3.20. The maximum Gasteiger partial charge on any atom is 0.0649 e. The van der Waals surface area contributed by atoms with Crippen molar-refractivity contribution < 1.29 is 5.11 Å². The van der Waals surface area contributed by atoms with Crippen LogP contribution in [0.25, 0.3) is 0 Å². The molecule has 0 amide bonds. The second-order valence-corrected chi connectivity index (χ2v) is 2.14. The Morgan fingerprint density at radius 3 is 2.36 bits per heavy atom. The number of hydrogen-bond donors (Lipinski definition) is 1. The van der Waals surface area contributed by atoms with Crippen molar-refractivity contribution in [1.29, 1.82) is 0 Å². The van der Waals surface area contributed by atoms with Crippen molar-refractivity contribution in [2.45, 2.75) is 6.42 Å². The number of allylic oxidation sites excluding steroid dienone is 2. The normalized spacial score (nSPS) is 8.18. The molecule has 0 aliphatic carbocycles. The third kappa shape index (κ3) is 9.30. The van der Waals surface area contributed by atoms with Gasteiger partial charge in [-0.2, -0.15) is 0 Å². The van der Waals surface area contributed by atoms with Crippen LogP contribution in [-0.2, 0) is 0 Å². The van der Waals surface area contributed by atoms with Crippen LogP contribution < -0.4 is 0 Å². The molecule has 0 radical (unpaired) electrons. The van der Waals surface area contributed by atoms with Gasteiger partial charge in [-0.1, -0.05) is 39.6 Å². The van der Waals surface area contributed by atoms with Crippen molar-refractivity contribution in [3.8, 4) is 23.7 Å². The zero-order valence-corrected chi connectivity index (χ0v) is 7.69. The molecule has 0 aliphatic heterocycles. The molecule has 0 aromatic carbocycles. The lowest BCUT2D eigenvalue weighted by Gasteiger charge is -1.73. The molecule has 0 saturated heterocycles. The summed E-state index contributed by atoms with van der Waals surface area (Å²) in [5, 5.41) is 9.03. The molecule has 0 atom stereocenters. The lowest BCUT2D eigenvalue weighted by Crippen LogP contribution is -1.74. The molecule has 0 aliphatic rings. The second kappa shape index (κ2) is 9.30. The van der Waals surface area contributed by atoms with Crippen molar-refractivity contribution in [1.82, 2.24) is 0 Å². The van der Waals surface area contributed by atoms with E-state index in [1.54, 1.807) is 12.2 Å². The first-order valence-corrected chi connectivity index (χ1v) is 4.32. The molecule has 0 fully saturated rings. The average molecular weight is 213 g/mol. The fraction of sp³-hybridized carbons (Fsp3) is 0.333. The minimum Gasteiger partial charge on any atom is -0.395 e. The van der Waals surface area contributed by atoms with Gasteiger partial charge in [0, 0.05) is 6.42 Å². The van der Waals surface area contributed by atoms with Gasteiger partial charge < -0.3 is 5.11 Å². The Morgan fingerprint density at radius 1 is 1.18 bits per heavy atom. The van der Waals surface area contributed by atoms with Crippen molar-refractivity contribution >= 4 is 15.9 Å². The van der Waals surface area contributed by atoms with Crippen LogP contribution in [-0.4, -0.2) is 17.0 Å². The monoisotopic (exact) mass is 212 g/mol. The quantitative estimate of drug-likeness (QED) is 0.514. The third-order valence-electron chi connectivity index (χ3n) is 0.758. The van der Waals surface area contributed by atoms with E-state index in [0.717, 1.165) is 0 Å². The highest BCUT2D eigenvalue weighted by Crippen LogP contribution is 1.74. The van der Waals surface area contributed by atoms with Crippen LogP contribution in [0.3, 0.4) is 0 Å². The fourth-order valence-corrected chi connectivity index (χ4v) is 0.530. The van der Waals surface area contributed by atoms with E-state index in [9.17, 15) is 0 Å². The maximum absolute atomic E-state index is 8.35. The molecule has 0 heterocycles. The summed E-state index contributed by atoms with van der Waals surface area (Å²) in [6.45, 7) is 0.119. The second-order valence-electron chi connectivity index (χ2n) is 1.58. The summed E-state index contributed by atoms with van der Waals surface area (Å²) in [4.78, 5) is 0. The van der Waals surface area contributed by atoms with Gasteiger partial charge in [-0.05, 0) is 12.2 Å². The Hall–Kier alpha value is -0.700. The topological polar surface area (TPSA) is 20.2 Å². The summed E-state index contributed by atoms with van der Waals surface area (Å²) < 4.78 is 0. The predicted octanol–water partition coefficient (Wildman–Crippen LogP) is 1.33. The highest BCUT2D eigenvalue weighted by molar-refractivity contribution is 9.09. The Morgan fingerprint density at radius 2 is 1.82 bits per heavy atom. The van der Waals surface area contributed by atoms with E-state index in [4.69, 9.17) is 5.11 Å². The fourth-order valence-electron chi connectivity index (χ4n) is 0.368. The summed E-state index contributed by atoms with van der Waals surface area (Å²) in [7, 11) is 0. The van der Waals surface area contributed by atoms with Crippen molar-refractivity contribution in [3.05, 3.63) is 12.2 Å². The van der Waals surface area contributed by atoms with E-state index in [1.165, 1.54) is 0 Å². The largest absolute Gasteiger partial charge is 0.395 e. The average Bonchev–Trinajstić information content (AvgIpc) is 2.03. The summed E-state index contributed by atoms with van der Waals surface area (Å²) in [6.07, 6.45) is 3.88. The van der Waals surface area contributed by atoms with Crippen LogP contribution in [0.15, 0.2) is 12.2 Å². The van der Waals surface area contributed by atoms with Gasteiger partial charge in [0.05, 0.1) is 11.9 Å². The third-order valence-corrected chi connectivity index (χ3v) is 1.04. The van der Waals surface area contributed by atoms with Crippen molar-refractivity contribution in [2.75, 3.05) is 11.9 Å². The molecule has 0 bridgehead atoms. The molecule has 0 spiro atoms. The molecular weight excluding hydrogens is 204 g/mol. The van der Waals surface area contributed by atoms with Gasteiger partial charge in [0.2, 0.25) is 0 Å². The van der Waals surface area contributed by atoms with Gasteiger partial charge in [0.1, 0.15) is 0 Å². The molecule has 58 valence electrons. The standard InChI is InChI=1S/C9H9BrO/c10-8-6-4-2-1-3-5-7-9-11/h1-2,11H,7-9H2/b2-1-. The van der Waals surface area contributed by atoms with Crippen molar-refractivity contribution in [2.24, 2.45) is 0 Å². The highest BCUT2D eigenvalue weighted by Gasteiger charge is 1.67. The van der Waals surface area contributed by atoms with Crippen LogP contribution in [0.4, 0.5) is 0 Å². The van der Waals surface area contributed by atoms with Gasteiger partial charge in [0.15, 0.2) is 0 Å². The zero-order valence-electron chi connectivity index (χ0n) is 6.10. The Kier molecular flexibility index (Phi) is 8.71. The molecule has 11 heavy (non-hydrogen) atoms. The molecule has 0 saturated carbocycles. The number of aliphatic hydroxyl groups excluding tert-OH is 1. The Labute approximate surface area is 75.6 Å². The molecule has 0 rings (SSSR count). The molecule has 1 N–H and O–H groups in total. The van der Waals surface area contributed by atoms with Gasteiger partial charge in [-0.15, -0.1) is 0 Å². The lowest BCUT2D eigenvalue weighted by molar-refractivity contribution is 0.305. The number of alkyl halides is 1. The highest BCUT2D eigenvalue weighted by atomic mass is 79.9. The van der Waals surface area contributed by atoms with Crippen LogP contribution in [0.5, 0.6) is 0 Å². The lowest BCUT2D eigenvalue weighted by atomic mass is 10.4. The molecule has 0 aromatic heterocycles. The van der Waals surface area contributed by atoms with Crippen LogP contribution in [0.1, 0.15) is 6.42 Å². The number of halogens is 1. The van der Waals surface area contributed by atoms with Gasteiger partial charge in [-0.3, -0.25) is 0 Å². The van der Waals surface area contributed by atoms with E-state index < -0.39 is 0 Å². The Balaban J connectivity index is 3.53. The van der Waals surface area contributed by atoms with E-state index in [1.807, 2.05) is 0 Å². The van der Waals surface area contributed by atoms with Gasteiger partial charge in [0.25, 0.3) is 0 Å². The first kappa shape index (κ1) is 10.3. The van der Waals surface area contributed by atoms with Gasteiger partial charge in [-0.25, -0.2) is 0 Å². The SMILES string of the molecule is OCCC#C/C=C\C#CCBr. The van der Waals surface area contributed by atoms with E-state index in [2.05, 4.69) is 39.6 Å². The van der Waals surface area contributed by atoms with E-state index in [-0.39, 0.29) is 6.61 Å². The molecule has 0 aromatic rings. The van der Waals surface area contributed by atoms with E-state index >= 15 is 0 Å². The maximum atomic E-state index is 8.35. The summed E-state index contributed by atoms with van der Waals surface area (Å²) in [6, 6.07) is 0. The van der Waals surface area contributed by atoms with Gasteiger partial charge >= 0.3 is 0 Å².